The number of phenolic OH excluding ortho intramolecular Hbond substituents is 2. The van der Waals surface area contributed by atoms with Gasteiger partial charge in [-0.05, 0) is 50.2 Å². The molecule has 0 bridgehead atoms. The van der Waals surface area contributed by atoms with E-state index in [1.807, 2.05) is 0 Å². The molecule has 200 valence electrons. The summed E-state index contributed by atoms with van der Waals surface area (Å²) in [6, 6.07) is 17.5. The molecule has 1 aromatic heterocycles. The standard InChI is InChI=1S/C23H21N5O4.Fe.H2O4S/c1-14(25-27-22(31)16-8-3-5-12-20(16)29)18-10-7-11-19(24-18)15(2)26-28-23(32)17-9-4-6-13-21(17)30;;1-5(2,3)4/h3-13,29-30H,1-2H3,(H,27,31)(H,28,32);;(H2,1,2,3,4)/q;+2;/p-2/b25-14+,26-15+;;. The Morgan fingerprint density at radius 1 is 0.737 bits per heavy atom. The van der Waals surface area contributed by atoms with Crippen LogP contribution < -0.4 is 10.9 Å². The van der Waals surface area contributed by atoms with E-state index in [0.29, 0.717) is 22.8 Å². The number of hydrazone groups is 2. The number of pyridine rings is 1. The molecular weight excluding hydrogens is 562 g/mol. The topological polar surface area (TPSA) is 217 Å². The van der Waals surface area contributed by atoms with Gasteiger partial charge < -0.3 is 19.3 Å². The Bertz CT molecular complexity index is 1360. The van der Waals surface area contributed by atoms with Crippen molar-refractivity contribution in [2.75, 3.05) is 0 Å². The van der Waals surface area contributed by atoms with Crippen LogP contribution in [0.2, 0.25) is 0 Å². The molecule has 0 saturated carbocycles. The third-order valence-corrected chi connectivity index (χ3v) is 4.44. The normalized spacial score (nSPS) is 11.4. The molecule has 0 atom stereocenters. The monoisotopic (exact) mass is 583 g/mol. The zero-order chi connectivity index (χ0) is 27.6. The summed E-state index contributed by atoms with van der Waals surface area (Å²) in [4.78, 5) is 28.8. The van der Waals surface area contributed by atoms with Crippen LogP contribution in [0.25, 0.3) is 0 Å². The van der Waals surface area contributed by atoms with Gasteiger partial charge in [-0.3, -0.25) is 18.0 Å². The van der Waals surface area contributed by atoms with Crippen LogP contribution in [0.4, 0.5) is 0 Å². The zero-order valence-electron chi connectivity index (χ0n) is 19.8. The summed E-state index contributed by atoms with van der Waals surface area (Å²) in [6.45, 7) is 3.34. The number of carbonyl (C=O) groups is 2. The average Bonchev–Trinajstić information content (AvgIpc) is 2.85. The van der Waals surface area contributed by atoms with Crippen molar-refractivity contribution in [3.8, 4) is 11.5 Å². The molecule has 1 heterocycles. The van der Waals surface area contributed by atoms with E-state index in [2.05, 4.69) is 26.0 Å². The number of hydrogen-bond donors (Lipinski definition) is 4. The largest absolute Gasteiger partial charge is 2.00 e. The summed E-state index contributed by atoms with van der Waals surface area (Å²) in [5, 5.41) is 27.6. The van der Waals surface area contributed by atoms with E-state index in [1.54, 1.807) is 56.3 Å². The maximum atomic E-state index is 12.2. The molecule has 2 aromatic carbocycles. The van der Waals surface area contributed by atoms with Crippen molar-refractivity contribution < 1.29 is 54.4 Å². The average molecular weight is 583 g/mol. The number of rotatable bonds is 6. The van der Waals surface area contributed by atoms with Gasteiger partial charge in [-0.15, -0.1) is 0 Å². The predicted molar refractivity (Wildman–Crippen MR) is 130 cm³/mol. The van der Waals surface area contributed by atoms with Gasteiger partial charge >= 0.3 is 17.1 Å². The third kappa shape index (κ3) is 10.5. The fraction of sp³-hybridized carbons (Fsp3) is 0.0870. The molecule has 0 radical (unpaired) electrons. The molecule has 0 aliphatic carbocycles. The fourth-order valence-corrected chi connectivity index (χ4v) is 2.67. The van der Waals surface area contributed by atoms with E-state index < -0.39 is 22.2 Å². The van der Waals surface area contributed by atoms with Crippen LogP contribution in [0.3, 0.4) is 0 Å². The van der Waals surface area contributed by atoms with Crippen LogP contribution in [0.5, 0.6) is 11.5 Å². The first kappa shape index (κ1) is 31.9. The number of benzene rings is 2. The smallest absolute Gasteiger partial charge is 0.759 e. The van der Waals surface area contributed by atoms with Crippen molar-refractivity contribution in [1.29, 1.82) is 0 Å². The Morgan fingerprint density at radius 2 is 1.08 bits per heavy atom. The van der Waals surface area contributed by atoms with Crippen LogP contribution >= 0.6 is 0 Å². The minimum absolute atomic E-state index is 0. The van der Waals surface area contributed by atoms with E-state index in [9.17, 15) is 19.8 Å². The third-order valence-electron chi connectivity index (χ3n) is 4.44. The molecule has 13 nitrogen and oxygen atoms in total. The van der Waals surface area contributed by atoms with E-state index in [0.717, 1.165) is 0 Å². The van der Waals surface area contributed by atoms with E-state index in [4.69, 9.17) is 17.5 Å². The van der Waals surface area contributed by atoms with Crippen LogP contribution in [0.1, 0.15) is 46.0 Å². The molecule has 0 unspecified atom stereocenters. The van der Waals surface area contributed by atoms with Gasteiger partial charge in [-0.2, -0.15) is 10.2 Å². The van der Waals surface area contributed by atoms with Crippen LogP contribution in [-0.4, -0.2) is 56.0 Å². The minimum atomic E-state index is -5.17. The van der Waals surface area contributed by atoms with Crippen molar-refractivity contribution in [2.24, 2.45) is 10.2 Å². The molecule has 3 rings (SSSR count). The van der Waals surface area contributed by atoms with Gasteiger partial charge in [0.2, 0.25) is 0 Å². The summed E-state index contributed by atoms with van der Waals surface area (Å²) in [5.41, 5.74) is 6.83. The number of phenols is 2. The Hall–Kier alpha value is -4.14. The number of hydrogen-bond acceptors (Lipinski definition) is 11. The molecule has 0 aliphatic rings. The van der Waals surface area contributed by atoms with E-state index >= 15 is 0 Å². The first-order chi connectivity index (χ1) is 17.4. The molecule has 0 fully saturated rings. The second-order valence-electron chi connectivity index (χ2n) is 7.13. The number of para-hydroxylation sites is 2. The van der Waals surface area contributed by atoms with Crippen molar-refractivity contribution in [1.82, 2.24) is 15.8 Å². The fourth-order valence-electron chi connectivity index (χ4n) is 2.67. The number of aromatic hydroxyl groups is 2. The van der Waals surface area contributed by atoms with Crippen molar-refractivity contribution in [3.05, 3.63) is 89.2 Å². The number of amides is 2. The molecule has 3 aromatic rings. The van der Waals surface area contributed by atoms with Crippen molar-refractivity contribution in [2.45, 2.75) is 13.8 Å². The molecular formula is C23H21FeN5O8S. The zero-order valence-corrected chi connectivity index (χ0v) is 21.7. The van der Waals surface area contributed by atoms with Gasteiger partial charge in [0.15, 0.2) is 0 Å². The maximum absolute atomic E-state index is 12.2. The summed E-state index contributed by atoms with van der Waals surface area (Å²) >= 11 is 0. The van der Waals surface area contributed by atoms with Gasteiger partial charge in [0.05, 0.1) is 33.9 Å². The summed E-state index contributed by atoms with van der Waals surface area (Å²) in [6.07, 6.45) is 0. The van der Waals surface area contributed by atoms with Crippen LogP contribution in [0, 0.1) is 0 Å². The Balaban J connectivity index is 0.00000110. The number of nitrogens with zero attached hydrogens (tertiary/aromatic N) is 3. The summed E-state index contributed by atoms with van der Waals surface area (Å²) in [7, 11) is -5.17. The van der Waals surface area contributed by atoms with Gasteiger partial charge in [0.25, 0.3) is 11.8 Å². The number of nitrogens with one attached hydrogen (secondary N) is 2. The first-order valence-electron chi connectivity index (χ1n) is 10.3. The second kappa shape index (κ2) is 14.6. The van der Waals surface area contributed by atoms with Crippen LogP contribution in [-0.2, 0) is 27.5 Å². The van der Waals surface area contributed by atoms with Gasteiger partial charge in [-0.1, -0.05) is 30.3 Å². The van der Waals surface area contributed by atoms with Gasteiger partial charge in [-0.25, -0.2) is 15.8 Å². The van der Waals surface area contributed by atoms with Crippen LogP contribution in [0.15, 0.2) is 76.9 Å². The molecule has 0 aliphatic heterocycles. The summed E-state index contributed by atoms with van der Waals surface area (Å²) in [5.74, 6) is -1.39. The quantitative estimate of drug-likeness (QED) is 0.108. The molecule has 15 heteroatoms. The number of carbonyl (C=O) groups excluding carboxylic acids is 2. The Morgan fingerprint density at radius 3 is 1.42 bits per heavy atom. The minimum Gasteiger partial charge on any atom is -0.759 e. The van der Waals surface area contributed by atoms with Gasteiger partial charge in [0, 0.05) is 10.4 Å². The van der Waals surface area contributed by atoms with E-state index in [-0.39, 0.29) is 39.7 Å². The first-order valence-corrected chi connectivity index (χ1v) is 11.6. The molecule has 4 N–H and O–H groups in total. The Kier molecular flexibility index (Phi) is 12.2. The molecule has 2 amide bonds. The maximum Gasteiger partial charge on any atom is 2.00 e. The Labute approximate surface area is 228 Å². The summed E-state index contributed by atoms with van der Waals surface area (Å²) < 4.78 is 34.1. The van der Waals surface area contributed by atoms with Gasteiger partial charge in [0.1, 0.15) is 11.5 Å². The second-order valence-corrected chi connectivity index (χ2v) is 7.94. The molecule has 38 heavy (non-hydrogen) atoms. The van der Waals surface area contributed by atoms with Crippen molar-refractivity contribution in [3.63, 3.8) is 0 Å². The molecule has 0 saturated heterocycles. The van der Waals surface area contributed by atoms with Crippen molar-refractivity contribution >= 4 is 33.6 Å². The predicted octanol–water partition coefficient (Wildman–Crippen LogP) is 1.46. The van der Waals surface area contributed by atoms with E-state index in [1.165, 1.54) is 24.3 Å². The molecule has 0 spiro atoms. The number of aromatic nitrogens is 1. The SMILES string of the molecule is C/C(=N\NC(=O)c1ccccc1O)c1cccc(/C(C)=N/NC(=O)c2ccccc2O)n1.O=S(=O)([O-])[O-].[Fe+2].